The van der Waals surface area contributed by atoms with E-state index in [9.17, 15) is 4.79 Å². The summed E-state index contributed by atoms with van der Waals surface area (Å²) in [6.07, 6.45) is 0.499. The largest absolute Gasteiger partial charge is 0.480 e. The molecule has 0 aromatic heterocycles. The van der Waals surface area contributed by atoms with Gasteiger partial charge in [-0.2, -0.15) is 0 Å². The van der Waals surface area contributed by atoms with Crippen LogP contribution in [0, 0.1) is 0 Å². The number of carbonyl (C=O) groups is 1. The van der Waals surface area contributed by atoms with Crippen molar-refractivity contribution in [2.75, 3.05) is 7.05 Å². The molecule has 1 aromatic rings. The fourth-order valence-corrected chi connectivity index (χ4v) is 1.43. The number of hydrogen-bond donors (Lipinski definition) is 2. The number of rotatable bonds is 4. The maximum absolute atomic E-state index is 10.7. The first kappa shape index (κ1) is 14.4. The zero-order chi connectivity index (χ0) is 10.6. The van der Waals surface area contributed by atoms with E-state index in [4.69, 9.17) is 5.11 Å². The van der Waals surface area contributed by atoms with E-state index in [1.165, 1.54) is 0 Å². The molecule has 0 radical (unpaired) electrons. The van der Waals surface area contributed by atoms with Crippen LogP contribution >= 0.6 is 28.3 Å². The molecule has 1 unspecified atom stereocenters. The van der Waals surface area contributed by atoms with Gasteiger partial charge in [0.25, 0.3) is 0 Å². The minimum Gasteiger partial charge on any atom is -0.480 e. The predicted molar refractivity (Wildman–Crippen MR) is 65.6 cm³/mol. The standard InChI is InChI=1S/C10H12BrNO2.ClH/c1-12-9(10(13)14)6-7-2-4-8(11)5-3-7;/h2-5,9,12H,6H2,1H3,(H,13,14);1H. The van der Waals surface area contributed by atoms with Gasteiger partial charge in [-0.3, -0.25) is 4.79 Å². The zero-order valence-electron chi connectivity index (χ0n) is 8.24. The van der Waals surface area contributed by atoms with Gasteiger partial charge in [0.05, 0.1) is 0 Å². The number of halogens is 2. The van der Waals surface area contributed by atoms with Gasteiger partial charge in [0, 0.05) is 4.47 Å². The summed E-state index contributed by atoms with van der Waals surface area (Å²) >= 11 is 3.33. The molecule has 3 nitrogen and oxygen atoms in total. The van der Waals surface area contributed by atoms with Crippen molar-refractivity contribution in [1.82, 2.24) is 5.32 Å². The number of benzene rings is 1. The van der Waals surface area contributed by atoms with Crippen molar-refractivity contribution in [3.63, 3.8) is 0 Å². The molecular formula is C10H13BrClNO2. The number of aliphatic carboxylic acids is 1. The summed E-state index contributed by atoms with van der Waals surface area (Å²) in [5, 5.41) is 11.6. The highest BCUT2D eigenvalue weighted by atomic mass is 79.9. The Labute approximate surface area is 103 Å². The number of nitrogens with one attached hydrogen (secondary N) is 1. The van der Waals surface area contributed by atoms with Crippen LogP contribution in [0.15, 0.2) is 28.7 Å². The quantitative estimate of drug-likeness (QED) is 0.894. The van der Waals surface area contributed by atoms with Crippen LogP contribution in [-0.2, 0) is 11.2 Å². The Balaban J connectivity index is 0.00000196. The van der Waals surface area contributed by atoms with Crippen LogP contribution in [0.2, 0.25) is 0 Å². The van der Waals surface area contributed by atoms with Crippen molar-refractivity contribution in [2.45, 2.75) is 12.5 Å². The van der Waals surface area contributed by atoms with Crippen LogP contribution in [-0.4, -0.2) is 24.2 Å². The lowest BCUT2D eigenvalue weighted by molar-refractivity contribution is -0.139. The van der Waals surface area contributed by atoms with Crippen LogP contribution < -0.4 is 5.32 Å². The molecule has 2 N–H and O–H groups in total. The molecule has 0 saturated heterocycles. The summed E-state index contributed by atoms with van der Waals surface area (Å²) in [4.78, 5) is 10.7. The molecule has 0 aliphatic carbocycles. The normalized spacial score (nSPS) is 11.6. The van der Waals surface area contributed by atoms with Crippen molar-refractivity contribution in [3.8, 4) is 0 Å². The van der Waals surface area contributed by atoms with Gasteiger partial charge in [0.1, 0.15) is 6.04 Å². The van der Waals surface area contributed by atoms with E-state index in [0.29, 0.717) is 6.42 Å². The van der Waals surface area contributed by atoms with Crippen molar-refractivity contribution in [2.24, 2.45) is 0 Å². The SMILES string of the molecule is CNC(Cc1ccc(Br)cc1)C(=O)O.Cl. The lowest BCUT2D eigenvalue weighted by Gasteiger charge is -2.10. The Bertz CT molecular complexity index is 316. The van der Waals surface area contributed by atoms with E-state index < -0.39 is 12.0 Å². The zero-order valence-corrected chi connectivity index (χ0v) is 10.6. The van der Waals surface area contributed by atoms with Gasteiger partial charge in [-0.1, -0.05) is 28.1 Å². The molecule has 0 heterocycles. The van der Waals surface area contributed by atoms with E-state index >= 15 is 0 Å². The molecule has 5 heteroatoms. The van der Waals surface area contributed by atoms with Crippen molar-refractivity contribution in [1.29, 1.82) is 0 Å². The number of hydrogen-bond acceptors (Lipinski definition) is 2. The van der Waals surface area contributed by atoms with Gasteiger partial charge in [0.15, 0.2) is 0 Å². The highest BCUT2D eigenvalue weighted by Crippen LogP contribution is 2.11. The molecule has 0 bridgehead atoms. The molecule has 1 atom stereocenters. The van der Waals surface area contributed by atoms with E-state index in [-0.39, 0.29) is 12.4 Å². The summed E-state index contributed by atoms with van der Waals surface area (Å²) in [6, 6.07) is 7.12. The highest BCUT2D eigenvalue weighted by Gasteiger charge is 2.14. The van der Waals surface area contributed by atoms with E-state index in [2.05, 4.69) is 21.2 Å². The van der Waals surface area contributed by atoms with Gasteiger partial charge in [-0.25, -0.2) is 0 Å². The maximum atomic E-state index is 10.7. The van der Waals surface area contributed by atoms with Crippen molar-refractivity contribution >= 4 is 34.3 Å². The second-order valence-electron chi connectivity index (χ2n) is 3.01. The highest BCUT2D eigenvalue weighted by molar-refractivity contribution is 9.10. The van der Waals surface area contributed by atoms with Crippen LogP contribution in [0.25, 0.3) is 0 Å². The van der Waals surface area contributed by atoms with Gasteiger partial charge < -0.3 is 10.4 Å². The topological polar surface area (TPSA) is 49.3 Å². The average molecular weight is 295 g/mol. The fourth-order valence-electron chi connectivity index (χ4n) is 1.17. The second kappa shape index (κ2) is 6.82. The first-order valence-electron chi connectivity index (χ1n) is 4.28. The molecule has 0 saturated carbocycles. The van der Waals surface area contributed by atoms with Gasteiger partial charge in [-0.15, -0.1) is 12.4 Å². The average Bonchev–Trinajstić information content (AvgIpc) is 2.16. The summed E-state index contributed by atoms with van der Waals surface area (Å²) < 4.78 is 0.998. The first-order chi connectivity index (χ1) is 6.63. The molecule has 0 fully saturated rings. The Morgan fingerprint density at radius 3 is 2.40 bits per heavy atom. The van der Waals surface area contributed by atoms with Gasteiger partial charge >= 0.3 is 5.97 Å². The third-order valence-electron chi connectivity index (χ3n) is 2.00. The molecule has 84 valence electrons. The van der Waals surface area contributed by atoms with Gasteiger partial charge in [-0.05, 0) is 31.2 Å². The van der Waals surface area contributed by atoms with Crippen LogP contribution in [0.5, 0.6) is 0 Å². The molecular weight excluding hydrogens is 281 g/mol. The Kier molecular flexibility index (Phi) is 6.56. The minimum absolute atomic E-state index is 0. The van der Waals surface area contributed by atoms with E-state index in [1.807, 2.05) is 24.3 Å². The van der Waals surface area contributed by atoms with E-state index in [0.717, 1.165) is 10.0 Å². The number of carboxylic acids is 1. The lowest BCUT2D eigenvalue weighted by Crippen LogP contribution is -2.35. The summed E-state index contributed by atoms with van der Waals surface area (Å²) in [7, 11) is 1.65. The molecule has 15 heavy (non-hydrogen) atoms. The van der Waals surface area contributed by atoms with Crippen LogP contribution in [0.4, 0.5) is 0 Å². The Hall–Kier alpha value is -0.580. The fraction of sp³-hybridized carbons (Fsp3) is 0.300. The predicted octanol–water partition coefficient (Wildman–Crippen LogP) is 2.09. The van der Waals surface area contributed by atoms with Gasteiger partial charge in [0.2, 0.25) is 0 Å². The Morgan fingerprint density at radius 2 is 2.00 bits per heavy atom. The van der Waals surface area contributed by atoms with Crippen LogP contribution in [0.3, 0.4) is 0 Å². The third-order valence-corrected chi connectivity index (χ3v) is 2.53. The number of likely N-dealkylation sites (N-methyl/N-ethyl adjacent to an activating group) is 1. The maximum Gasteiger partial charge on any atom is 0.321 e. The second-order valence-corrected chi connectivity index (χ2v) is 3.93. The smallest absolute Gasteiger partial charge is 0.321 e. The molecule has 1 rings (SSSR count). The first-order valence-corrected chi connectivity index (χ1v) is 5.07. The number of carboxylic acid groups (broad SMARTS) is 1. The summed E-state index contributed by atoms with van der Waals surface area (Å²) in [6.45, 7) is 0. The van der Waals surface area contributed by atoms with Crippen molar-refractivity contribution < 1.29 is 9.90 Å². The van der Waals surface area contributed by atoms with E-state index in [1.54, 1.807) is 7.05 Å². The lowest BCUT2D eigenvalue weighted by atomic mass is 10.1. The molecule has 1 aromatic carbocycles. The monoisotopic (exact) mass is 293 g/mol. The molecule has 0 aliphatic heterocycles. The molecule has 0 spiro atoms. The molecule has 0 amide bonds. The third kappa shape index (κ3) is 4.64. The van der Waals surface area contributed by atoms with Crippen molar-refractivity contribution in [3.05, 3.63) is 34.3 Å². The summed E-state index contributed by atoms with van der Waals surface area (Å²) in [5.74, 6) is -0.824. The summed E-state index contributed by atoms with van der Waals surface area (Å²) in [5.41, 5.74) is 1.01. The Morgan fingerprint density at radius 1 is 1.47 bits per heavy atom. The van der Waals surface area contributed by atoms with Crippen LogP contribution in [0.1, 0.15) is 5.56 Å². The minimum atomic E-state index is -0.824. The molecule has 0 aliphatic rings.